The Morgan fingerprint density at radius 3 is 3.09 bits per heavy atom. The number of benzene rings is 1. The molecule has 3 aromatic rings. The molecule has 1 aliphatic heterocycles. The lowest BCUT2D eigenvalue weighted by Gasteiger charge is -2.32. The first-order chi connectivity index (χ1) is 11.2. The zero-order chi connectivity index (χ0) is 15.8. The van der Waals surface area contributed by atoms with Gasteiger partial charge in [-0.3, -0.25) is 4.79 Å². The fourth-order valence-corrected chi connectivity index (χ4v) is 3.93. The number of hydrogen-bond donors (Lipinski definition) is 0. The third kappa shape index (κ3) is 2.53. The maximum atomic E-state index is 12.7. The van der Waals surface area contributed by atoms with Gasteiger partial charge in [-0.25, -0.2) is 4.98 Å². The molecule has 1 atom stereocenters. The van der Waals surface area contributed by atoms with Gasteiger partial charge in [0.15, 0.2) is 5.58 Å². The van der Waals surface area contributed by atoms with Crippen molar-refractivity contribution in [3.05, 3.63) is 35.3 Å². The van der Waals surface area contributed by atoms with Gasteiger partial charge < -0.3 is 9.42 Å². The molecule has 2 aromatic heterocycles. The number of para-hydroxylation sites is 1. The highest BCUT2D eigenvalue weighted by atomic mass is 32.1. The van der Waals surface area contributed by atoms with Crippen LogP contribution in [0.4, 0.5) is 0 Å². The van der Waals surface area contributed by atoms with E-state index in [9.17, 15) is 4.79 Å². The van der Waals surface area contributed by atoms with Gasteiger partial charge >= 0.3 is 0 Å². The number of piperidine rings is 1. The molecule has 5 nitrogen and oxygen atoms in total. The summed E-state index contributed by atoms with van der Waals surface area (Å²) >= 11 is 1.38. The summed E-state index contributed by atoms with van der Waals surface area (Å²) in [5.41, 5.74) is 1.44. The summed E-state index contributed by atoms with van der Waals surface area (Å²) in [6.07, 6.45) is 5.01. The molecule has 1 unspecified atom stereocenters. The fourth-order valence-electron chi connectivity index (χ4n) is 3.06. The smallest absolute Gasteiger partial charge is 0.265 e. The third-order valence-corrected chi connectivity index (χ3v) is 5.35. The Bertz CT molecular complexity index is 854. The number of carbonyl (C=O) groups excluding carboxylic acids is 1. The van der Waals surface area contributed by atoms with Crippen molar-refractivity contribution in [2.75, 3.05) is 6.54 Å². The van der Waals surface area contributed by atoms with E-state index in [1.807, 2.05) is 29.2 Å². The number of aromatic nitrogens is 2. The average Bonchev–Trinajstić information content (AvgIpc) is 3.21. The molecule has 0 aliphatic carbocycles. The Morgan fingerprint density at radius 1 is 1.35 bits per heavy atom. The molecule has 4 rings (SSSR count). The zero-order valence-electron chi connectivity index (χ0n) is 12.9. The number of thiazole rings is 1. The van der Waals surface area contributed by atoms with Gasteiger partial charge in [0.2, 0.25) is 0 Å². The van der Waals surface area contributed by atoms with Crippen molar-refractivity contribution in [1.29, 1.82) is 0 Å². The lowest BCUT2D eigenvalue weighted by atomic mass is 10.0. The summed E-state index contributed by atoms with van der Waals surface area (Å²) in [6, 6.07) is 7.98. The number of nitrogens with zero attached hydrogens (tertiary/aromatic N) is 3. The Labute approximate surface area is 137 Å². The highest BCUT2D eigenvalue weighted by Crippen LogP contribution is 2.32. The van der Waals surface area contributed by atoms with E-state index in [1.54, 1.807) is 6.20 Å². The van der Waals surface area contributed by atoms with Crippen LogP contribution in [0.1, 0.15) is 35.9 Å². The van der Waals surface area contributed by atoms with Crippen LogP contribution in [0.5, 0.6) is 0 Å². The average molecular weight is 327 g/mol. The summed E-state index contributed by atoms with van der Waals surface area (Å²) in [4.78, 5) is 19.7. The van der Waals surface area contributed by atoms with Crippen molar-refractivity contribution >= 4 is 28.2 Å². The predicted octanol–water partition coefficient (Wildman–Crippen LogP) is 3.97. The normalized spacial score (nSPS) is 18.5. The summed E-state index contributed by atoms with van der Waals surface area (Å²) < 4.78 is 5.33. The molecule has 0 saturated carbocycles. The molecule has 1 amide bonds. The van der Waals surface area contributed by atoms with Crippen LogP contribution in [0, 0.1) is 0 Å². The maximum absolute atomic E-state index is 12.7. The number of hydrogen-bond acceptors (Lipinski definition) is 5. The van der Waals surface area contributed by atoms with Gasteiger partial charge in [-0.2, -0.15) is 0 Å². The first kappa shape index (κ1) is 14.4. The van der Waals surface area contributed by atoms with Gasteiger partial charge in [0.25, 0.3) is 5.91 Å². The van der Waals surface area contributed by atoms with Crippen LogP contribution in [0.3, 0.4) is 0 Å². The van der Waals surface area contributed by atoms with E-state index in [-0.39, 0.29) is 5.91 Å². The number of fused-ring (bicyclic) bond motifs is 1. The minimum atomic E-state index is 0.0775. The zero-order valence-corrected chi connectivity index (χ0v) is 13.7. The Hall–Kier alpha value is -2.21. The van der Waals surface area contributed by atoms with Crippen LogP contribution in [0.2, 0.25) is 0 Å². The summed E-state index contributed by atoms with van der Waals surface area (Å²) in [6.45, 7) is 2.95. The predicted molar refractivity (Wildman–Crippen MR) is 89.5 cm³/mol. The summed E-state index contributed by atoms with van der Waals surface area (Å²) in [7, 11) is 0. The van der Waals surface area contributed by atoms with E-state index >= 15 is 0 Å². The summed E-state index contributed by atoms with van der Waals surface area (Å²) in [5, 5.41) is 5.76. The van der Waals surface area contributed by atoms with Gasteiger partial charge in [0.1, 0.15) is 15.6 Å². The minimum absolute atomic E-state index is 0.0775. The van der Waals surface area contributed by atoms with Crippen LogP contribution in [-0.4, -0.2) is 33.5 Å². The molecule has 0 N–H and O–H groups in total. The van der Waals surface area contributed by atoms with Gasteiger partial charge in [0.05, 0.1) is 11.6 Å². The molecule has 1 aromatic carbocycles. The van der Waals surface area contributed by atoms with Crippen LogP contribution in [0.15, 0.2) is 35.0 Å². The van der Waals surface area contributed by atoms with Gasteiger partial charge in [-0.1, -0.05) is 17.3 Å². The molecule has 118 valence electrons. The van der Waals surface area contributed by atoms with Crippen LogP contribution in [-0.2, 0) is 0 Å². The topological polar surface area (TPSA) is 59.2 Å². The Kier molecular flexibility index (Phi) is 3.61. The molecule has 23 heavy (non-hydrogen) atoms. The molecule has 1 aliphatic rings. The van der Waals surface area contributed by atoms with E-state index in [1.165, 1.54) is 17.8 Å². The SMILES string of the molecule is CC1CCCCN1C(=O)c1cnc(-c2noc3ccccc23)s1. The number of rotatable bonds is 2. The number of amides is 1. The van der Waals surface area contributed by atoms with E-state index in [4.69, 9.17) is 4.52 Å². The van der Waals surface area contributed by atoms with E-state index < -0.39 is 0 Å². The molecule has 1 fully saturated rings. The fraction of sp³-hybridized carbons (Fsp3) is 0.353. The van der Waals surface area contributed by atoms with E-state index in [0.29, 0.717) is 16.6 Å². The standard InChI is InChI=1S/C17H17N3O2S/c1-11-6-4-5-9-20(11)17(21)14-10-18-16(23-14)15-12-7-2-3-8-13(12)22-19-15/h2-3,7-8,10-11H,4-6,9H2,1H3. The van der Waals surface area contributed by atoms with Gasteiger partial charge in [-0.05, 0) is 38.3 Å². The molecule has 0 spiro atoms. The molecule has 1 saturated heterocycles. The molecule has 3 heterocycles. The van der Waals surface area contributed by atoms with Crippen molar-refractivity contribution in [2.45, 2.75) is 32.2 Å². The second-order valence-electron chi connectivity index (χ2n) is 5.90. The van der Waals surface area contributed by atoms with Crippen molar-refractivity contribution < 1.29 is 9.32 Å². The van der Waals surface area contributed by atoms with Crippen molar-refractivity contribution in [1.82, 2.24) is 15.0 Å². The second-order valence-corrected chi connectivity index (χ2v) is 6.93. The maximum Gasteiger partial charge on any atom is 0.265 e. The van der Waals surface area contributed by atoms with E-state index in [2.05, 4.69) is 17.1 Å². The van der Waals surface area contributed by atoms with Gasteiger partial charge in [0, 0.05) is 12.6 Å². The molecular weight excluding hydrogens is 310 g/mol. The number of carbonyl (C=O) groups is 1. The number of likely N-dealkylation sites (tertiary alicyclic amines) is 1. The van der Waals surface area contributed by atoms with Crippen molar-refractivity contribution in [3.63, 3.8) is 0 Å². The van der Waals surface area contributed by atoms with Crippen LogP contribution < -0.4 is 0 Å². The lowest BCUT2D eigenvalue weighted by molar-refractivity contribution is 0.0640. The molecular formula is C17H17N3O2S. The molecule has 0 radical (unpaired) electrons. The molecule has 6 heteroatoms. The highest BCUT2D eigenvalue weighted by Gasteiger charge is 2.26. The van der Waals surface area contributed by atoms with Crippen LogP contribution in [0.25, 0.3) is 21.7 Å². The third-order valence-electron chi connectivity index (χ3n) is 4.36. The van der Waals surface area contributed by atoms with Crippen molar-refractivity contribution in [3.8, 4) is 10.7 Å². The first-order valence-corrected chi connectivity index (χ1v) is 8.67. The Balaban J connectivity index is 1.65. The van der Waals surface area contributed by atoms with Crippen molar-refractivity contribution in [2.24, 2.45) is 0 Å². The van der Waals surface area contributed by atoms with Gasteiger partial charge in [-0.15, -0.1) is 11.3 Å². The Morgan fingerprint density at radius 2 is 2.22 bits per heavy atom. The minimum Gasteiger partial charge on any atom is -0.356 e. The largest absolute Gasteiger partial charge is 0.356 e. The van der Waals surface area contributed by atoms with Crippen LogP contribution >= 0.6 is 11.3 Å². The quantitative estimate of drug-likeness (QED) is 0.714. The summed E-state index contributed by atoms with van der Waals surface area (Å²) in [5.74, 6) is 0.0775. The molecule has 0 bridgehead atoms. The van der Waals surface area contributed by atoms with E-state index in [0.717, 1.165) is 35.4 Å². The second kappa shape index (κ2) is 5.77. The first-order valence-electron chi connectivity index (χ1n) is 7.85. The highest BCUT2D eigenvalue weighted by molar-refractivity contribution is 7.17. The monoisotopic (exact) mass is 327 g/mol. The lowest BCUT2D eigenvalue weighted by Crippen LogP contribution is -2.41.